The molecular weight excluding hydrogens is 420 g/mol. The van der Waals surface area contributed by atoms with Crippen molar-refractivity contribution in [3.63, 3.8) is 0 Å². The summed E-state index contributed by atoms with van der Waals surface area (Å²) in [6.07, 6.45) is 0.278. The number of Topliss-reactive ketones (excluding diaryl/α,β-unsaturated/α-hetero) is 1. The molecule has 4 rings (SSSR count). The van der Waals surface area contributed by atoms with Crippen LogP contribution < -0.4 is 10.2 Å². The van der Waals surface area contributed by atoms with Crippen molar-refractivity contribution in [2.75, 3.05) is 51.3 Å². The molecule has 33 heavy (non-hydrogen) atoms. The lowest BCUT2D eigenvalue weighted by atomic mass is 10.0. The van der Waals surface area contributed by atoms with Gasteiger partial charge in [0.15, 0.2) is 5.78 Å². The maximum absolute atomic E-state index is 13.5. The molecule has 0 saturated carbocycles. The third kappa shape index (κ3) is 5.06. The Kier molecular flexibility index (Phi) is 7.05. The Hall–Kier alpha value is -2.45. The molecule has 1 aromatic carbocycles. The summed E-state index contributed by atoms with van der Waals surface area (Å²) >= 11 is 0. The fraction of sp³-hybridized carbons (Fsp3) is 0.640. The number of likely N-dealkylation sites (tertiary alicyclic amines) is 1. The number of fused-ring (bicyclic) bond motifs is 1. The van der Waals surface area contributed by atoms with E-state index in [9.17, 15) is 14.4 Å². The quantitative estimate of drug-likeness (QED) is 0.697. The first kappa shape index (κ1) is 23.7. The minimum atomic E-state index is -0.672. The van der Waals surface area contributed by atoms with Crippen molar-refractivity contribution < 1.29 is 19.1 Å². The van der Waals surface area contributed by atoms with Gasteiger partial charge in [0.05, 0.1) is 6.10 Å². The van der Waals surface area contributed by atoms with Crippen LogP contribution in [0.15, 0.2) is 24.3 Å². The highest BCUT2D eigenvalue weighted by Gasteiger charge is 2.51. The van der Waals surface area contributed by atoms with E-state index in [1.54, 1.807) is 4.90 Å². The highest BCUT2D eigenvalue weighted by atomic mass is 16.5. The first-order chi connectivity index (χ1) is 15.7. The van der Waals surface area contributed by atoms with Gasteiger partial charge in [0, 0.05) is 49.9 Å². The number of piperazine rings is 1. The number of hydrogen-bond acceptors (Lipinski definition) is 6. The van der Waals surface area contributed by atoms with Crippen LogP contribution in [0.4, 0.5) is 5.69 Å². The molecule has 3 saturated heterocycles. The van der Waals surface area contributed by atoms with Gasteiger partial charge in [-0.2, -0.15) is 0 Å². The molecule has 0 aliphatic carbocycles. The van der Waals surface area contributed by atoms with E-state index in [0.717, 1.165) is 31.9 Å². The van der Waals surface area contributed by atoms with Crippen molar-refractivity contribution in [2.24, 2.45) is 11.8 Å². The third-order valence-corrected chi connectivity index (χ3v) is 7.03. The number of ether oxygens (including phenoxy) is 1. The lowest BCUT2D eigenvalue weighted by molar-refractivity contribution is -0.138. The number of anilines is 1. The molecule has 3 fully saturated rings. The Morgan fingerprint density at radius 2 is 1.79 bits per heavy atom. The molecule has 1 N–H and O–H groups in total. The number of rotatable bonds is 6. The molecule has 4 atom stereocenters. The van der Waals surface area contributed by atoms with E-state index in [0.29, 0.717) is 18.5 Å². The molecule has 2 amide bonds. The van der Waals surface area contributed by atoms with Gasteiger partial charge in [-0.3, -0.25) is 14.4 Å². The molecule has 0 spiro atoms. The largest absolute Gasteiger partial charge is 0.369 e. The van der Waals surface area contributed by atoms with Crippen LogP contribution in [0, 0.1) is 11.8 Å². The summed E-state index contributed by atoms with van der Waals surface area (Å²) in [6.45, 7) is 10.6. The standard InChI is InChI=1S/C25H36N4O4/c1-16(2)13-20(25(32)29-14-17(3)23-22(29)21(30)15-33-23)26-24(31)18-5-7-19(8-6-18)28-11-9-27(4)10-12-28/h5-8,16-17,20,22-23H,9-15H2,1-4H3,(H,26,31)/t17-,20?,22-,23-/m1/s1. The maximum Gasteiger partial charge on any atom is 0.251 e. The van der Waals surface area contributed by atoms with Gasteiger partial charge in [-0.25, -0.2) is 0 Å². The number of amides is 2. The van der Waals surface area contributed by atoms with Crippen LogP contribution in [0.25, 0.3) is 0 Å². The topological polar surface area (TPSA) is 82.2 Å². The van der Waals surface area contributed by atoms with Gasteiger partial charge >= 0.3 is 0 Å². The molecule has 3 heterocycles. The number of carbonyl (C=O) groups excluding carboxylic acids is 3. The van der Waals surface area contributed by atoms with Crippen LogP contribution in [0.3, 0.4) is 0 Å². The van der Waals surface area contributed by atoms with Gasteiger partial charge in [0.25, 0.3) is 5.91 Å². The third-order valence-electron chi connectivity index (χ3n) is 7.03. The zero-order valence-corrected chi connectivity index (χ0v) is 20.1. The number of nitrogens with zero attached hydrogens (tertiary/aromatic N) is 3. The van der Waals surface area contributed by atoms with Crippen molar-refractivity contribution in [3.05, 3.63) is 29.8 Å². The van der Waals surface area contributed by atoms with E-state index >= 15 is 0 Å². The molecule has 0 bridgehead atoms. The second-order valence-electron chi connectivity index (χ2n) is 10.1. The Morgan fingerprint density at radius 3 is 2.42 bits per heavy atom. The average molecular weight is 457 g/mol. The molecule has 3 aliphatic heterocycles. The normalized spacial score (nSPS) is 26.6. The number of likely N-dealkylation sites (N-methyl/N-ethyl adjacent to an activating group) is 1. The van der Waals surface area contributed by atoms with Crippen LogP contribution in [0.1, 0.15) is 37.6 Å². The van der Waals surface area contributed by atoms with Crippen LogP contribution in [-0.2, 0) is 14.3 Å². The Balaban J connectivity index is 1.44. The molecule has 8 nitrogen and oxygen atoms in total. The second-order valence-corrected chi connectivity index (χ2v) is 10.1. The van der Waals surface area contributed by atoms with Gasteiger partial charge in [-0.1, -0.05) is 20.8 Å². The van der Waals surface area contributed by atoms with E-state index in [1.807, 2.05) is 45.0 Å². The molecule has 0 radical (unpaired) electrons. The number of benzene rings is 1. The number of hydrogen-bond donors (Lipinski definition) is 1. The van der Waals surface area contributed by atoms with E-state index in [2.05, 4.69) is 22.2 Å². The maximum atomic E-state index is 13.5. The summed E-state index contributed by atoms with van der Waals surface area (Å²) in [7, 11) is 2.12. The zero-order chi connectivity index (χ0) is 23.7. The average Bonchev–Trinajstić information content (AvgIpc) is 3.33. The Morgan fingerprint density at radius 1 is 1.12 bits per heavy atom. The lowest BCUT2D eigenvalue weighted by Gasteiger charge is -2.34. The van der Waals surface area contributed by atoms with Crippen LogP contribution in [0.2, 0.25) is 0 Å². The predicted octanol–water partition coefficient (Wildman–Crippen LogP) is 1.40. The Bertz CT molecular complexity index is 879. The van der Waals surface area contributed by atoms with E-state index in [4.69, 9.17) is 4.74 Å². The SMILES string of the molecule is CC(C)CC(NC(=O)c1ccc(N2CCN(C)CC2)cc1)C(=O)N1C[C@@H](C)[C@H]2OCC(=O)[C@H]21. The summed E-state index contributed by atoms with van der Waals surface area (Å²) in [4.78, 5) is 45.1. The first-order valence-corrected chi connectivity index (χ1v) is 12.0. The molecule has 1 aromatic rings. The van der Waals surface area contributed by atoms with Crippen molar-refractivity contribution in [1.29, 1.82) is 0 Å². The van der Waals surface area contributed by atoms with Crippen LogP contribution >= 0.6 is 0 Å². The summed E-state index contributed by atoms with van der Waals surface area (Å²) in [6, 6.07) is 6.39. The van der Waals surface area contributed by atoms with Crippen molar-refractivity contribution >= 4 is 23.3 Å². The summed E-state index contributed by atoms with van der Waals surface area (Å²) in [5, 5.41) is 2.95. The molecular formula is C25H36N4O4. The molecule has 0 aromatic heterocycles. The smallest absolute Gasteiger partial charge is 0.251 e. The fourth-order valence-corrected chi connectivity index (χ4v) is 5.14. The number of carbonyl (C=O) groups is 3. The van der Waals surface area contributed by atoms with Crippen LogP contribution in [0.5, 0.6) is 0 Å². The van der Waals surface area contributed by atoms with Crippen molar-refractivity contribution in [1.82, 2.24) is 15.1 Å². The predicted molar refractivity (Wildman–Crippen MR) is 126 cm³/mol. The lowest BCUT2D eigenvalue weighted by Crippen LogP contribution is -2.52. The minimum Gasteiger partial charge on any atom is -0.369 e. The van der Waals surface area contributed by atoms with Gasteiger partial charge in [0.1, 0.15) is 18.7 Å². The monoisotopic (exact) mass is 456 g/mol. The molecule has 8 heteroatoms. The van der Waals surface area contributed by atoms with Gasteiger partial charge in [-0.05, 0) is 43.7 Å². The van der Waals surface area contributed by atoms with Crippen LogP contribution in [-0.4, -0.2) is 92.0 Å². The van der Waals surface area contributed by atoms with Crippen molar-refractivity contribution in [2.45, 2.75) is 45.4 Å². The zero-order valence-electron chi connectivity index (χ0n) is 20.1. The van der Waals surface area contributed by atoms with E-state index in [1.165, 1.54) is 0 Å². The molecule has 180 valence electrons. The summed E-state index contributed by atoms with van der Waals surface area (Å²) < 4.78 is 5.62. The van der Waals surface area contributed by atoms with Gasteiger partial charge in [0.2, 0.25) is 5.91 Å². The number of ketones is 1. The highest BCUT2D eigenvalue weighted by molar-refractivity contribution is 5.99. The van der Waals surface area contributed by atoms with E-state index in [-0.39, 0.29) is 42.1 Å². The fourth-order valence-electron chi connectivity index (χ4n) is 5.14. The summed E-state index contributed by atoms with van der Waals surface area (Å²) in [5.41, 5.74) is 1.63. The van der Waals surface area contributed by atoms with Gasteiger partial charge < -0.3 is 24.8 Å². The Labute approximate surface area is 196 Å². The summed E-state index contributed by atoms with van der Waals surface area (Å²) in [5.74, 6) is -0.194. The first-order valence-electron chi connectivity index (χ1n) is 12.0. The number of nitrogens with one attached hydrogen (secondary N) is 1. The minimum absolute atomic E-state index is 0.0492. The second kappa shape index (κ2) is 9.81. The van der Waals surface area contributed by atoms with E-state index < -0.39 is 12.1 Å². The van der Waals surface area contributed by atoms with Crippen molar-refractivity contribution in [3.8, 4) is 0 Å². The molecule has 3 aliphatic rings. The van der Waals surface area contributed by atoms with Gasteiger partial charge in [-0.15, -0.1) is 0 Å². The molecule has 1 unspecified atom stereocenters. The highest BCUT2D eigenvalue weighted by Crippen LogP contribution is 2.32.